The van der Waals surface area contributed by atoms with E-state index in [-0.39, 0.29) is 24.2 Å². The van der Waals surface area contributed by atoms with Crippen molar-refractivity contribution in [2.24, 2.45) is 0 Å². The molecule has 6 nitrogen and oxygen atoms in total. The van der Waals surface area contributed by atoms with Crippen LogP contribution >= 0.6 is 12.4 Å². The average Bonchev–Trinajstić information content (AvgIpc) is 2.52. The smallest absolute Gasteiger partial charge is 0.252 e. The van der Waals surface area contributed by atoms with Gasteiger partial charge in [-0.05, 0) is 24.6 Å². The Balaban J connectivity index is 0.00000242. The summed E-state index contributed by atoms with van der Waals surface area (Å²) in [4.78, 5) is 26.3. The second-order valence-electron chi connectivity index (χ2n) is 5.00. The molecule has 1 atom stereocenters. The van der Waals surface area contributed by atoms with E-state index in [4.69, 9.17) is 10.5 Å². The third-order valence-corrected chi connectivity index (χ3v) is 3.48. The number of hydrogen-bond donors (Lipinski definition) is 2. The number of nitrogen functional groups attached to an aromatic ring is 1. The summed E-state index contributed by atoms with van der Waals surface area (Å²) in [5.41, 5.74) is 6.65. The lowest BCUT2D eigenvalue weighted by Gasteiger charge is -2.30. The molecule has 3 N–H and O–H groups in total. The predicted molar refractivity (Wildman–Crippen MR) is 87.0 cm³/mol. The fraction of sp³-hybridized carbons (Fsp3) is 0.467. The van der Waals surface area contributed by atoms with Crippen LogP contribution < -0.4 is 11.1 Å². The highest BCUT2D eigenvalue weighted by atomic mass is 35.5. The Kier molecular flexibility index (Phi) is 7.14. The number of nitrogens with zero attached hydrogens (tertiary/aromatic N) is 1. The van der Waals surface area contributed by atoms with E-state index in [1.54, 1.807) is 29.2 Å². The van der Waals surface area contributed by atoms with Crippen LogP contribution in [-0.2, 0) is 9.53 Å². The molecule has 1 unspecified atom stereocenters. The number of carbonyl (C=O) groups excluding carboxylic acids is 2. The fourth-order valence-electron chi connectivity index (χ4n) is 2.26. The molecule has 1 aromatic rings. The maximum atomic E-state index is 12.4. The van der Waals surface area contributed by atoms with Crippen LogP contribution in [0.5, 0.6) is 0 Å². The van der Waals surface area contributed by atoms with Gasteiger partial charge in [0.1, 0.15) is 6.04 Å². The van der Waals surface area contributed by atoms with Gasteiger partial charge in [-0.1, -0.05) is 13.0 Å². The molecule has 1 fully saturated rings. The summed E-state index contributed by atoms with van der Waals surface area (Å²) in [6, 6.07) is 6.19. The minimum Gasteiger partial charge on any atom is -0.399 e. The van der Waals surface area contributed by atoms with Crippen molar-refractivity contribution in [2.75, 3.05) is 32.0 Å². The number of amides is 2. The molecular formula is C15H22ClN3O3. The molecule has 1 aliphatic heterocycles. The van der Waals surface area contributed by atoms with Crippen molar-refractivity contribution < 1.29 is 14.3 Å². The lowest BCUT2D eigenvalue weighted by molar-refractivity contribution is -0.137. The van der Waals surface area contributed by atoms with Crippen LogP contribution in [0.1, 0.15) is 23.7 Å². The zero-order chi connectivity index (χ0) is 15.2. The molecule has 1 heterocycles. The van der Waals surface area contributed by atoms with Crippen LogP contribution in [0.3, 0.4) is 0 Å². The van der Waals surface area contributed by atoms with Gasteiger partial charge in [0, 0.05) is 24.3 Å². The molecule has 7 heteroatoms. The van der Waals surface area contributed by atoms with Crippen LogP contribution in [0.15, 0.2) is 24.3 Å². The first kappa shape index (κ1) is 18.3. The van der Waals surface area contributed by atoms with E-state index in [2.05, 4.69) is 5.32 Å². The molecule has 1 saturated heterocycles. The van der Waals surface area contributed by atoms with Crippen LogP contribution in [0.2, 0.25) is 0 Å². The van der Waals surface area contributed by atoms with E-state index in [9.17, 15) is 9.59 Å². The average molecular weight is 328 g/mol. The molecule has 0 aromatic heterocycles. The number of nitrogens with one attached hydrogen (secondary N) is 1. The number of rotatable bonds is 4. The van der Waals surface area contributed by atoms with Crippen LogP contribution in [0, 0.1) is 0 Å². The van der Waals surface area contributed by atoms with Crippen molar-refractivity contribution in [1.29, 1.82) is 0 Å². The van der Waals surface area contributed by atoms with Crippen molar-refractivity contribution in [3.8, 4) is 0 Å². The largest absolute Gasteiger partial charge is 0.399 e. The molecule has 0 saturated carbocycles. The number of anilines is 1. The summed E-state index contributed by atoms with van der Waals surface area (Å²) in [7, 11) is 0. The number of ether oxygens (including phenoxy) is 1. The zero-order valence-corrected chi connectivity index (χ0v) is 13.4. The Labute approximate surface area is 136 Å². The van der Waals surface area contributed by atoms with E-state index in [0.29, 0.717) is 44.0 Å². The van der Waals surface area contributed by atoms with E-state index in [1.165, 1.54) is 0 Å². The van der Waals surface area contributed by atoms with Gasteiger partial charge in [0.2, 0.25) is 5.91 Å². The Bertz CT molecular complexity index is 519. The summed E-state index contributed by atoms with van der Waals surface area (Å²) in [5.74, 6) is -0.339. The Morgan fingerprint density at radius 2 is 2.05 bits per heavy atom. The van der Waals surface area contributed by atoms with Gasteiger partial charge < -0.3 is 20.7 Å². The Morgan fingerprint density at radius 1 is 1.36 bits per heavy atom. The Hall–Kier alpha value is -1.79. The third kappa shape index (κ3) is 4.61. The van der Waals surface area contributed by atoms with E-state index in [1.807, 2.05) is 6.92 Å². The second-order valence-corrected chi connectivity index (χ2v) is 5.00. The molecule has 0 spiro atoms. The number of halogens is 1. The van der Waals surface area contributed by atoms with Crippen molar-refractivity contribution in [3.63, 3.8) is 0 Å². The number of nitrogens with two attached hydrogens (primary N) is 1. The molecule has 1 aliphatic rings. The lowest BCUT2D eigenvalue weighted by Crippen LogP contribution is -2.51. The van der Waals surface area contributed by atoms with Crippen molar-refractivity contribution in [2.45, 2.75) is 19.4 Å². The van der Waals surface area contributed by atoms with Crippen LogP contribution in [0.4, 0.5) is 5.69 Å². The molecule has 0 radical (unpaired) electrons. The maximum Gasteiger partial charge on any atom is 0.252 e. The minimum atomic E-state index is -0.517. The van der Waals surface area contributed by atoms with Gasteiger partial charge in [0.15, 0.2) is 0 Å². The highest BCUT2D eigenvalue weighted by Crippen LogP contribution is 2.08. The lowest BCUT2D eigenvalue weighted by atomic mass is 10.1. The monoisotopic (exact) mass is 327 g/mol. The summed E-state index contributed by atoms with van der Waals surface area (Å²) in [6.45, 7) is 4.12. The van der Waals surface area contributed by atoms with Gasteiger partial charge in [0.25, 0.3) is 5.91 Å². The molecule has 0 aliphatic carbocycles. The Morgan fingerprint density at radius 3 is 2.64 bits per heavy atom. The van der Waals surface area contributed by atoms with Crippen LogP contribution in [-0.4, -0.2) is 49.1 Å². The third-order valence-electron chi connectivity index (χ3n) is 3.48. The summed E-state index contributed by atoms with van der Waals surface area (Å²) < 4.78 is 5.23. The first-order valence-corrected chi connectivity index (χ1v) is 7.14. The first-order chi connectivity index (χ1) is 10.1. The minimum absolute atomic E-state index is 0. The molecule has 1 aromatic carbocycles. The topological polar surface area (TPSA) is 84.7 Å². The van der Waals surface area contributed by atoms with Gasteiger partial charge in [-0.25, -0.2) is 0 Å². The van der Waals surface area contributed by atoms with Crippen molar-refractivity contribution in [3.05, 3.63) is 29.8 Å². The first-order valence-electron chi connectivity index (χ1n) is 7.14. The number of morpholine rings is 1. The van der Waals surface area contributed by atoms with Crippen molar-refractivity contribution in [1.82, 2.24) is 10.2 Å². The SMILES string of the molecule is CCC(NC(=O)c1cccc(N)c1)C(=O)N1CCOCC1.Cl. The van der Waals surface area contributed by atoms with E-state index >= 15 is 0 Å². The standard InChI is InChI=1S/C15H21N3O3.ClH/c1-2-13(15(20)18-6-8-21-9-7-18)17-14(19)11-4-3-5-12(16)10-11;/h3-5,10,13H,2,6-9,16H2,1H3,(H,17,19);1H. The zero-order valence-electron chi connectivity index (χ0n) is 12.6. The molecule has 2 rings (SSSR count). The second kappa shape index (κ2) is 8.60. The van der Waals surface area contributed by atoms with Gasteiger partial charge in [0.05, 0.1) is 13.2 Å². The van der Waals surface area contributed by atoms with E-state index < -0.39 is 6.04 Å². The maximum absolute atomic E-state index is 12.4. The quantitative estimate of drug-likeness (QED) is 0.810. The highest BCUT2D eigenvalue weighted by Gasteiger charge is 2.26. The summed E-state index contributed by atoms with van der Waals surface area (Å²) in [5, 5.41) is 2.78. The fourth-order valence-corrected chi connectivity index (χ4v) is 2.26. The molecule has 2 amide bonds. The van der Waals surface area contributed by atoms with Gasteiger partial charge in [-0.15, -0.1) is 12.4 Å². The van der Waals surface area contributed by atoms with Crippen molar-refractivity contribution >= 4 is 29.9 Å². The van der Waals surface area contributed by atoms with Gasteiger partial charge in [-0.3, -0.25) is 9.59 Å². The molecule has 0 bridgehead atoms. The number of benzene rings is 1. The number of carbonyl (C=O) groups is 2. The van der Waals surface area contributed by atoms with E-state index in [0.717, 1.165) is 0 Å². The summed E-state index contributed by atoms with van der Waals surface area (Å²) >= 11 is 0. The molecule has 122 valence electrons. The number of hydrogen-bond acceptors (Lipinski definition) is 4. The summed E-state index contributed by atoms with van der Waals surface area (Å²) in [6.07, 6.45) is 0.546. The molecular weight excluding hydrogens is 306 g/mol. The van der Waals surface area contributed by atoms with Crippen LogP contribution in [0.25, 0.3) is 0 Å². The predicted octanol–water partition coefficient (Wildman–Crippen LogP) is 1.06. The van der Waals surface area contributed by atoms with Gasteiger partial charge >= 0.3 is 0 Å². The van der Waals surface area contributed by atoms with Gasteiger partial charge in [-0.2, -0.15) is 0 Å². The highest BCUT2D eigenvalue weighted by molar-refractivity contribution is 5.98. The normalized spacial score (nSPS) is 15.6. The molecule has 22 heavy (non-hydrogen) atoms.